The minimum Gasteiger partial charge on any atom is -0.493 e. The minimum atomic E-state index is -0.672. The number of carbonyl (C=O) groups is 2. The van der Waals surface area contributed by atoms with Crippen LogP contribution in [0, 0.1) is 0 Å². The van der Waals surface area contributed by atoms with Crippen molar-refractivity contribution in [2.75, 3.05) is 46.6 Å². The van der Waals surface area contributed by atoms with E-state index in [1.165, 1.54) is 24.0 Å². The monoisotopic (exact) mass is 647 g/mol. The Bertz CT molecular complexity index is 1780. The lowest BCUT2D eigenvalue weighted by molar-refractivity contribution is -0.139. The predicted molar refractivity (Wildman–Crippen MR) is 176 cm³/mol. The summed E-state index contributed by atoms with van der Waals surface area (Å²) in [6.45, 7) is 10.3. The third-order valence-corrected chi connectivity index (χ3v) is 8.99. The van der Waals surface area contributed by atoms with Crippen LogP contribution in [-0.4, -0.2) is 68.0 Å². The Labute approximate surface area is 272 Å². The molecule has 0 bridgehead atoms. The minimum absolute atomic E-state index is 0.116. The van der Waals surface area contributed by atoms with Gasteiger partial charge in [-0.15, -0.1) is 0 Å². The first-order valence-corrected chi connectivity index (χ1v) is 16.5. The van der Waals surface area contributed by atoms with Crippen molar-refractivity contribution in [1.82, 2.24) is 9.47 Å². The normalized spacial score (nSPS) is 16.7. The molecule has 2 aromatic carbocycles. The van der Waals surface area contributed by atoms with Gasteiger partial charge in [0, 0.05) is 13.1 Å². The first-order valence-electron chi connectivity index (χ1n) is 15.7. The SMILES string of the molecule is CCCC1=C(C(=O)OCC)[C@@H](c2ccc(C(C)C)cc2)n2c(s/c(=C/c3ccc(OCC(=O)N4CCOCC4)c(OC)c3)c2=O)=N1. The summed E-state index contributed by atoms with van der Waals surface area (Å²) in [5.74, 6) is 0.624. The Hall–Kier alpha value is -4.22. The van der Waals surface area contributed by atoms with Gasteiger partial charge in [0.1, 0.15) is 0 Å². The van der Waals surface area contributed by atoms with Gasteiger partial charge in [-0.1, -0.05) is 68.9 Å². The summed E-state index contributed by atoms with van der Waals surface area (Å²) >= 11 is 1.28. The van der Waals surface area contributed by atoms with E-state index in [0.717, 1.165) is 12.0 Å². The van der Waals surface area contributed by atoms with Gasteiger partial charge in [0.25, 0.3) is 11.5 Å². The van der Waals surface area contributed by atoms with Gasteiger partial charge in [-0.2, -0.15) is 0 Å². The van der Waals surface area contributed by atoms with Crippen LogP contribution in [-0.2, 0) is 19.1 Å². The van der Waals surface area contributed by atoms with Crippen LogP contribution in [0.25, 0.3) is 6.08 Å². The van der Waals surface area contributed by atoms with E-state index in [-0.39, 0.29) is 24.7 Å². The molecule has 0 radical (unpaired) electrons. The molecule has 5 rings (SSSR count). The number of amides is 1. The molecule has 1 atom stereocenters. The van der Waals surface area contributed by atoms with Gasteiger partial charge in [-0.25, -0.2) is 9.79 Å². The Morgan fingerprint density at radius 3 is 2.48 bits per heavy atom. The highest BCUT2D eigenvalue weighted by Gasteiger charge is 2.34. The molecule has 244 valence electrons. The van der Waals surface area contributed by atoms with Crippen LogP contribution >= 0.6 is 11.3 Å². The molecule has 3 heterocycles. The van der Waals surface area contributed by atoms with Crippen molar-refractivity contribution < 1.29 is 28.5 Å². The number of morpholine rings is 1. The van der Waals surface area contributed by atoms with Crippen molar-refractivity contribution >= 4 is 29.3 Å². The fourth-order valence-corrected chi connectivity index (χ4v) is 6.61. The molecule has 0 N–H and O–H groups in total. The summed E-state index contributed by atoms with van der Waals surface area (Å²) in [7, 11) is 1.53. The zero-order valence-corrected chi connectivity index (χ0v) is 27.9. The smallest absolute Gasteiger partial charge is 0.338 e. The molecular formula is C35H41N3O7S. The van der Waals surface area contributed by atoms with Crippen LogP contribution in [0.4, 0.5) is 0 Å². The summed E-state index contributed by atoms with van der Waals surface area (Å²) < 4.78 is 24.3. The number of nitrogens with zero attached hydrogens (tertiary/aromatic N) is 3. The number of rotatable bonds is 11. The van der Waals surface area contributed by atoms with E-state index in [1.807, 2.05) is 37.3 Å². The average molecular weight is 648 g/mol. The van der Waals surface area contributed by atoms with E-state index in [4.69, 9.17) is 23.9 Å². The Morgan fingerprint density at radius 1 is 1.09 bits per heavy atom. The van der Waals surface area contributed by atoms with Crippen LogP contribution in [0.15, 0.2) is 63.5 Å². The second kappa shape index (κ2) is 14.9. The molecule has 46 heavy (non-hydrogen) atoms. The summed E-state index contributed by atoms with van der Waals surface area (Å²) in [6, 6.07) is 12.7. The molecule has 10 nitrogen and oxygen atoms in total. The number of ether oxygens (including phenoxy) is 4. The molecular weight excluding hydrogens is 606 g/mol. The fourth-order valence-electron chi connectivity index (χ4n) is 5.59. The van der Waals surface area contributed by atoms with Crippen molar-refractivity contribution in [2.45, 2.75) is 52.5 Å². The van der Waals surface area contributed by atoms with Crippen LogP contribution in [0.3, 0.4) is 0 Å². The third kappa shape index (κ3) is 7.10. The number of methoxy groups -OCH3 is 1. The molecule has 11 heteroatoms. The highest BCUT2D eigenvalue weighted by atomic mass is 32.1. The Balaban J connectivity index is 1.53. The number of fused-ring (bicyclic) bond motifs is 1. The lowest BCUT2D eigenvalue weighted by Gasteiger charge is -2.26. The number of carbonyl (C=O) groups excluding carboxylic acids is 2. The van der Waals surface area contributed by atoms with Crippen molar-refractivity contribution in [3.8, 4) is 11.5 Å². The maximum absolute atomic E-state index is 14.1. The van der Waals surface area contributed by atoms with E-state index >= 15 is 0 Å². The number of hydrogen-bond donors (Lipinski definition) is 0. The summed E-state index contributed by atoms with van der Waals surface area (Å²) in [4.78, 5) is 47.2. The highest BCUT2D eigenvalue weighted by Crippen LogP contribution is 2.33. The molecule has 2 aliphatic rings. The van der Waals surface area contributed by atoms with E-state index < -0.39 is 12.0 Å². The quantitative estimate of drug-likeness (QED) is 0.290. The molecule has 1 amide bonds. The molecule has 0 unspecified atom stereocenters. The number of esters is 1. The van der Waals surface area contributed by atoms with Crippen LogP contribution in [0.1, 0.15) is 69.2 Å². The average Bonchev–Trinajstić information content (AvgIpc) is 3.37. The lowest BCUT2D eigenvalue weighted by Crippen LogP contribution is -2.43. The molecule has 3 aromatic rings. The van der Waals surface area contributed by atoms with Gasteiger partial charge in [0.15, 0.2) is 22.9 Å². The van der Waals surface area contributed by atoms with Crippen LogP contribution in [0.2, 0.25) is 0 Å². The lowest BCUT2D eigenvalue weighted by atomic mass is 9.92. The largest absolute Gasteiger partial charge is 0.493 e. The Kier molecular flexibility index (Phi) is 10.7. The molecule has 2 aliphatic heterocycles. The van der Waals surface area contributed by atoms with E-state index in [0.29, 0.717) is 76.3 Å². The van der Waals surface area contributed by atoms with Crippen molar-refractivity contribution in [3.63, 3.8) is 0 Å². The number of aromatic nitrogens is 1. The fraction of sp³-hybridized carbons (Fsp3) is 0.429. The first-order chi connectivity index (χ1) is 22.2. The van der Waals surface area contributed by atoms with Gasteiger partial charge < -0.3 is 23.8 Å². The Morgan fingerprint density at radius 2 is 1.83 bits per heavy atom. The zero-order valence-electron chi connectivity index (χ0n) is 27.0. The zero-order chi connectivity index (χ0) is 32.8. The summed E-state index contributed by atoms with van der Waals surface area (Å²) in [5.41, 5.74) is 3.48. The number of thiazole rings is 1. The molecule has 1 aromatic heterocycles. The predicted octanol–water partition coefficient (Wildman–Crippen LogP) is 3.95. The topological polar surface area (TPSA) is 109 Å². The van der Waals surface area contributed by atoms with E-state index in [2.05, 4.69) is 13.8 Å². The van der Waals surface area contributed by atoms with Gasteiger partial charge in [-0.3, -0.25) is 14.2 Å². The highest BCUT2D eigenvalue weighted by molar-refractivity contribution is 7.07. The number of hydrogen-bond acceptors (Lipinski definition) is 9. The van der Waals surface area contributed by atoms with Crippen molar-refractivity contribution in [2.24, 2.45) is 4.99 Å². The second-order valence-corrected chi connectivity index (χ2v) is 12.4. The van der Waals surface area contributed by atoms with Crippen molar-refractivity contribution in [3.05, 3.63) is 90.1 Å². The molecule has 0 spiro atoms. The summed E-state index contributed by atoms with van der Waals surface area (Å²) in [5, 5.41) is 0. The van der Waals surface area contributed by atoms with Gasteiger partial charge in [0.05, 0.1) is 48.8 Å². The maximum Gasteiger partial charge on any atom is 0.338 e. The summed E-state index contributed by atoms with van der Waals surface area (Å²) in [6.07, 6.45) is 3.13. The first kappa shape index (κ1) is 33.2. The third-order valence-electron chi connectivity index (χ3n) is 8.01. The van der Waals surface area contributed by atoms with Gasteiger partial charge in [0.2, 0.25) is 0 Å². The van der Waals surface area contributed by atoms with Crippen LogP contribution < -0.4 is 24.4 Å². The molecule has 1 saturated heterocycles. The van der Waals surface area contributed by atoms with E-state index in [1.54, 1.807) is 34.6 Å². The standard InChI is InChI=1S/C35H41N3O7S/c1-6-8-26-31(34(41)44-7-2)32(25-12-10-24(11-13-25)22(3)4)38-33(40)29(46-35(38)36-26)20-23-9-14-27(28(19-23)42-5)45-21-30(39)37-15-17-43-18-16-37/h9-14,19-20,22,32H,6-8,15-18,21H2,1-5H3/b29-20+/t32-/m1/s1. The number of allylic oxidation sites excluding steroid dienone is 1. The second-order valence-electron chi connectivity index (χ2n) is 11.4. The molecule has 0 aliphatic carbocycles. The van der Waals surface area contributed by atoms with Gasteiger partial charge in [-0.05, 0) is 54.2 Å². The van der Waals surface area contributed by atoms with E-state index in [9.17, 15) is 14.4 Å². The maximum atomic E-state index is 14.1. The molecule has 0 saturated carbocycles. The molecule has 1 fully saturated rings. The van der Waals surface area contributed by atoms with Crippen LogP contribution in [0.5, 0.6) is 11.5 Å². The van der Waals surface area contributed by atoms with Gasteiger partial charge >= 0.3 is 5.97 Å². The van der Waals surface area contributed by atoms with Crippen molar-refractivity contribution in [1.29, 1.82) is 0 Å². The number of benzene rings is 2.